The third-order valence-corrected chi connectivity index (χ3v) is 3.14. The van der Waals surface area contributed by atoms with Crippen LogP contribution in [0.2, 0.25) is 10.0 Å². The maximum absolute atomic E-state index is 10.9. The first-order valence-electron chi connectivity index (χ1n) is 5.49. The van der Waals surface area contributed by atoms with Crippen LogP contribution in [0.1, 0.15) is 5.56 Å². The summed E-state index contributed by atoms with van der Waals surface area (Å²) >= 11 is 11.8. The molecular weight excluding hydrogens is 287 g/mol. The Kier molecular flexibility index (Phi) is 4.24. The summed E-state index contributed by atoms with van der Waals surface area (Å²) in [6.07, 6.45) is 0. The molecule has 2 aromatic rings. The predicted octanol–water partition coefficient (Wildman–Crippen LogP) is 4.51. The van der Waals surface area contributed by atoms with Crippen LogP contribution in [0, 0.1) is 10.1 Å². The Bertz CT molecular complexity index is 600. The fourth-order valence-corrected chi connectivity index (χ4v) is 1.99. The first-order chi connectivity index (χ1) is 9.08. The third-order valence-electron chi connectivity index (χ3n) is 2.57. The van der Waals surface area contributed by atoms with Gasteiger partial charge >= 0.3 is 0 Å². The Morgan fingerprint density at radius 3 is 2.42 bits per heavy atom. The van der Waals surface area contributed by atoms with E-state index in [2.05, 4.69) is 5.32 Å². The second kappa shape index (κ2) is 5.91. The average Bonchev–Trinajstić information content (AvgIpc) is 2.39. The van der Waals surface area contributed by atoms with Crippen LogP contribution in [0.3, 0.4) is 0 Å². The van der Waals surface area contributed by atoms with Crippen molar-refractivity contribution < 1.29 is 4.92 Å². The summed E-state index contributed by atoms with van der Waals surface area (Å²) in [6, 6.07) is 11.8. The van der Waals surface area contributed by atoms with E-state index in [-0.39, 0.29) is 5.69 Å². The van der Waals surface area contributed by atoms with E-state index in [0.717, 1.165) is 5.56 Å². The second-order valence-electron chi connectivity index (χ2n) is 3.87. The standard InChI is InChI=1S/C13H10Cl2N2O2/c14-10-6-4-9(5-7-10)8-16-13-11(15)2-1-3-12(13)17(18)19/h1-7,16H,8H2. The highest BCUT2D eigenvalue weighted by Gasteiger charge is 2.15. The van der Waals surface area contributed by atoms with E-state index in [4.69, 9.17) is 23.2 Å². The number of anilines is 1. The molecule has 0 atom stereocenters. The normalized spacial score (nSPS) is 10.2. The maximum atomic E-state index is 10.9. The van der Waals surface area contributed by atoms with E-state index in [1.54, 1.807) is 24.3 Å². The lowest BCUT2D eigenvalue weighted by molar-refractivity contribution is -0.383. The van der Waals surface area contributed by atoms with E-state index in [1.807, 2.05) is 12.1 Å². The van der Waals surface area contributed by atoms with Crippen LogP contribution in [0.5, 0.6) is 0 Å². The number of rotatable bonds is 4. The summed E-state index contributed by atoms with van der Waals surface area (Å²) in [6.45, 7) is 0.432. The summed E-state index contributed by atoms with van der Waals surface area (Å²) < 4.78 is 0. The van der Waals surface area contributed by atoms with Gasteiger partial charge in [0.05, 0.1) is 9.95 Å². The maximum Gasteiger partial charge on any atom is 0.293 e. The summed E-state index contributed by atoms with van der Waals surface area (Å²) in [4.78, 5) is 10.5. The Balaban J connectivity index is 2.19. The van der Waals surface area contributed by atoms with E-state index >= 15 is 0 Å². The van der Waals surface area contributed by atoms with Crippen molar-refractivity contribution >= 4 is 34.6 Å². The third kappa shape index (κ3) is 3.36. The number of nitro benzene ring substituents is 1. The van der Waals surface area contributed by atoms with Crippen molar-refractivity contribution in [3.05, 3.63) is 68.2 Å². The molecular formula is C13H10Cl2N2O2. The summed E-state index contributed by atoms with van der Waals surface area (Å²) in [5.74, 6) is 0. The van der Waals surface area contributed by atoms with Crippen LogP contribution in [0.15, 0.2) is 42.5 Å². The minimum absolute atomic E-state index is 0.0403. The van der Waals surface area contributed by atoms with Crippen LogP contribution in [0.4, 0.5) is 11.4 Å². The molecule has 0 aliphatic rings. The second-order valence-corrected chi connectivity index (χ2v) is 4.71. The number of nitrogens with zero attached hydrogens (tertiary/aromatic N) is 1. The van der Waals surface area contributed by atoms with Gasteiger partial charge in [0, 0.05) is 17.6 Å². The molecule has 98 valence electrons. The van der Waals surface area contributed by atoms with E-state index < -0.39 is 4.92 Å². The van der Waals surface area contributed by atoms with Gasteiger partial charge in [-0.15, -0.1) is 0 Å². The largest absolute Gasteiger partial charge is 0.374 e. The fraction of sp³-hybridized carbons (Fsp3) is 0.0769. The summed E-state index contributed by atoms with van der Waals surface area (Å²) in [7, 11) is 0. The van der Waals surface area contributed by atoms with Gasteiger partial charge in [-0.3, -0.25) is 10.1 Å². The molecule has 0 fully saturated rings. The molecule has 0 aromatic heterocycles. The lowest BCUT2D eigenvalue weighted by Crippen LogP contribution is -2.03. The lowest BCUT2D eigenvalue weighted by Gasteiger charge is -2.09. The number of nitro groups is 1. The summed E-state index contributed by atoms with van der Waals surface area (Å²) in [5.41, 5.74) is 1.24. The van der Waals surface area contributed by atoms with Crippen LogP contribution in [-0.2, 0) is 6.54 Å². The molecule has 6 heteroatoms. The first kappa shape index (κ1) is 13.6. The monoisotopic (exact) mass is 296 g/mol. The fourth-order valence-electron chi connectivity index (χ4n) is 1.63. The molecule has 19 heavy (non-hydrogen) atoms. The molecule has 4 nitrogen and oxygen atoms in total. The van der Waals surface area contributed by atoms with Gasteiger partial charge in [-0.05, 0) is 23.8 Å². The highest BCUT2D eigenvalue weighted by molar-refractivity contribution is 6.33. The minimum atomic E-state index is -0.462. The lowest BCUT2D eigenvalue weighted by atomic mass is 10.2. The van der Waals surface area contributed by atoms with Gasteiger partial charge in [0.25, 0.3) is 5.69 Å². The molecule has 0 aliphatic carbocycles. The molecule has 1 N–H and O–H groups in total. The Labute approximate surface area is 120 Å². The van der Waals surface area contributed by atoms with Crippen molar-refractivity contribution in [1.82, 2.24) is 0 Å². The van der Waals surface area contributed by atoms with Crippen molar-refractivity contribution in [2.45, 2.75) is 6.54 Å². The number of benzene rings is 2. The Morgan fingerprint density at radius 2 is 1.79 bits per heavy atom. The highest BCUT2D eigenvalue weighted by Crippen LogP contribution is 2.32. The Hall–Kier alpha value is -1.78. The number of hydrogen-bond acceptors (Lipinski definition) is 3. The molecule has 0 heterocycles. The zero-order valence-electron chi connectivity index (χ0n) is 9.77. The quantitative estimate of drug-likeness (QED) is 0.667. The van der Waals surface area contributed by atoms with Gasteiger partial charge in [-0.1, -0.05) is 41.4 Å². The van der Waals surface area contributed by atoms with Gasteiger partial charge in [0.2, 0.25) is 0 Å². The van der Waals surface area contributed by atoms with Crippen LogP contribution in [-0.4, -0.2) is 4.92 Å². The molecule has 0 aliphatic heterocycles. The van der Waals surface area contributed by atoms with Gasteiger partial charge in [-0.2, -0.15) is 0 Å². The molecule has 2 rings (SSSR count). The van der Waals surface area contributed by atoms with Gasteiger partial charge in [0.15, 0.2) is 0 Å². The van der Waals surface area contributed by atoms with Gasteiger partial charge in [-0.25, -0.2) is 0 Å². The van der Waals surface area contributed by atoms with Crippen molar-refractivity contribution in [3.63, 3.8) is 0 Å². The molecule has 0 bridgehead atoms. The number of halogens is 2. The zero-order valence-corrected chi connectivity index (χ0v) is 11.3. The van der Waals surface area contributed by atoms with E-state index in [1.165, 1.54) is 6.07 Å². The van der Waals surface area contributed by atoms with E-state index in [0.29, 0.717) is 22.3 Å². The number of nitrogens with one attached hydrogen (secondary N) is 1. The Morgan fingerprint density at radius 1 is 1.11 bits per heavy atom. The minimum Gasteiger partial charge on any atom is -0.374 e. The van der Waals surface area contributed by atoms with Crippen molar-refractivity contribution in [3.8, 4) is 0 Å². The molecule has 0 unspecified atom stereocenters. The topological polar surface area (TPSA) is 55.2 Å². The highest BCUT2D eigenvalue weighted by atomic mass is 35.5. The molecule has 0 saturated carbocycles. The first-order valence-corrected chi connectivity index (χ1v) is 6.25. The average molecular weight is 297 g/mol. The molecule has 0 radical (unpaired) electrons. The van der Waals surface area contributed by atoms with Crippen molar-refractivity contribution in [2.24, 2.45) is 0 Å². The van der Waals surface area contributed by atoms with Gasteiger partial charge in [0.1, 0.15) is 5.69 Å². The SMILES string of the molecule is O=[N+]([O-])c1cccc(Cl)c1NCc1ccc(Cl)cc1. The molecule has 2 aromatic carbocycles. The smallest absolute Gasteiger partial charge is 0.293 e. The summed E-state index contributed by atoms with van der Waals surface area (Å²) in [5, 5.41) is 14.9. The van der Waals surface area contributed by atoms with E-state index in [9.17, 15) is 10.1 Å². The van der Waals surface area contributed by atoms with Crippen LogP contribution >= 0.6 is 23.2 Å². The molecule has 0 amide bonds. The van der Waals surface area contributed by atoms with Crippen molar-refractivity contribution in [2.75, 3.05) is 5.32 Å². The predicted molar refractivity (Wildman–Crippen MR) is 76.9 cm³/mol. The number of para-hydroxylation sites is 1. The van der Waals surface area contributed by atoms with Gasteiger partial charge < -0.3 is 5.32 Å². The number of hydrogen-bond donors (Lipinski definition) is 1. The van der Waals surface area contributed by atoms with Crippen LogP contribution in [0.25, 0.3) is 0 Å². The van der Waals surface area contributed by atoms with Crippen LogP contribution < -0.4 is 5.32 Å². The van der Waals surface area contributed by atoms with Crippen molar-refractivity contribution in [1.29, 1.82) is 0 Å². The molecule has 0 spiro atoms. The zero-order chi connectivity index (χ0) is 13.8. The molecule has 0 saturated heterocycles.